The summed E-state index contributed by atoms with van der Waals surface area (Å²) in [6.45, 7) is 7.53. The van der Waals surface area contributed by atoms with Gasteiger partial charge in [0.2, 0.25) is 0 Å². The first-order valence-corrected chi connectivity index (χ1v) is 9.97. The van der Waals surface area contributed by atoms with Crippen LogP contribution >= 0.6 is 0 Å². The monoisotopic (exact) mass is 398 g/mol. The Balaban J connectivity index is 1.35. The molecule has 0 aromatic carbocycles. The van der Waals surface area contributed by atoms with Gasteiger partial charge in [0.1, 0.15) is 0 Å². The van der Waals surface area contributed by atoms with E-state index in [0.29, 0.717) is 37.3 Å². The summed E-state index contributed by atoms with van der Waals surface area (Å²) in [7, 11) is 0. The average Bonchev–Trinajstić information content (AvgIpc) is 3.17. The summed E-state index contributed by atoms with van der Waals surface area (Å²) in [4.78, 5) is 33.5. The SMILES string of the molecule is Cc1cncc(C(=O)N2CCc3c(C(=O)NCCN4CCOCC4)n[nH]c3C2)c1. The second-order valence-corrected chi connectivity index (χ2v) is 7.47. The molecule has 154 valence electrons. The van der Waals surface area contributed by atoms with Crippen LogP contribution in [0, 0.1) is 6.92 Å². The fourth-order valence-electron chi connectivity index (χ4n) is 3.77. The number of nitrogens with zero attached hydrogens (tertiary/aromatic N) is 4. The number of hydrogen-bond acceptors (Lipinski definition) is 6. The number of carbonyl (C=O) groups is 2. The fourth-order valence-corrected chi connectivity index (χ4v) is 3.77. The minimum atomic E-state index is -0.168. The van der Waals surface area contributed by atoms with Crippen LogP contribution in [0.3, 0.4) is 0 Å². The molecule has 0 radical (unpaired) electrons. The number of aromatic nitrogens is 3. The van der Waals surface area contributed by atoms with E-state index in [1.54, 1.807) is 17.3 Å². The van der Waals surface area contributed by atoms with Crippen LogP contribution in [0.4, 0.5) is 0 Å². The molecule has 2 aliphatic heterocycles. The molecule has 0 saturated carbocycles. The van der Waals surface area contributed by atoms with Gasteiger partial charge in [0.25, 0.3) is 11.8 Å². The van der Waals surface area contributed by atoms with Crippen LogP contribution in [0.15, 0.2) is 18.5 Å². The molecule has 0 spiro atoms. The number of aryl methyl sites for hydroxylation is 1. The lowest BCUT2D eigenvalue weighted by Gasteiger charge is -2.27. The molecule has 2 aromatic rings. The van der Waals surface area contributed by atoms with Crippen molar-refractivity contribution in [2.75, 3.05) is 45.9 Å². The Kier molecular flexibility index (Phi) is 5.86. The van der Waals surface area contributed by atoms with Crippen molar-refractivity contribution in [2.24, 2.45) is 0 Å². The number of morpholine rings is 1. The number of nitrogens with one attached hydrogen (secondary N) is 2. The third-order valence-electron chi connectivity index (χ3n) is 5.37. The molecule has 0 unspecified atom stereocenters. The normalized spacial score (nSPS) is 17.1. The summed E-state index contributed by atoms with van der Waals surface area (Å²) in [6, 6.07) is 1.84. The Labute approximate surface area is 169 Å². The highest BCUT2D eigenvalue weighted by Gasteiger charge is 2.28. The number of ether oxygens (including phenoxy) is 1. The molecule has 2 aromatic heterocycles. The lowest BCUT2D eigenvalue weighted by Crippen LogP contribution is -2.41. The molecule has 9 heteroatoms. The van der Waals surface area contributed by atoms with E-state index in [1.165, 1.54) is 0 Å². The molecule has 1 fully saturated rings. The topological polar surface area (TPSA) is 103 Å². The minimum absolute atomic E-state index is 0.0574. The van der Waals surface area contributed by atoms with E-state index in [-0.39, 0.29) is 11.8 Å². The second-order valence-electron chi connectivity index (χ2n) is 7.47. The smallest absolute Gasteiger partial charge is 0.272 e. The van der Waals surface area contributed by atoms with Crippen LogP contribution in [0.1, 0.15) is 37.7 Å². The summed E-state index contributed by atoms with van der Waals surface area (Å²) < 4.78 is 5.33. The molecule has 4 rings (SSSR count). The van der Waals surface area contributed by atoms with Crippen molar-refractivity contribution in [3.8, 4) is 0 Å². The summed E-state index contributed by atoms with van der Waals surface area (Å²) in [5.41, 5.74) is 3.69. The maximum atomic E-state index is 12.8. The van der Waals surface area contributed by atoms with Crippen molar-refractivity contribution in [3.63, 3.8) is 0 Å². The van der Waals surface area contributed by atoms with Gasteiger partial charge in [-0.05, 0) is 25.0 Å². The number of H-pyrrole nitrogens is 1. The van der Waals surface area contributed by atoms with Crippen LogP contribution in [0.5, 0.6) is 0 Å². The van der Waals surface area contributed by atoms with Crippen LogP contribution in [0.2, 0.25) is 0 Å². The van der Waals surface area contributed by atoms with Crippen LogP contribution in [-0.2, 0) is 17.7 Å². The highest BCUT2D eigenvalue weighted by molar-refractivity contribution is 5.95. The summed E-state index contributed by atoms with van der Waals surface area (Å²) >= 11 is 0. The number of aromatic amines is 1. The molecule has 4 heterocycles. The van der Waals surface area contributed by atoms with Crippen LogP contribution in [-0.4, -0.2) is 82.7 Å². The maximum absolute atomic E-state index is 12.8. The largest absolute Gasteiger partial charge is 0.379 e. The van der Waals surface area contributed by atoms with E-state index >= 15 is 0 Å². The maximum Gasteiger partial charge on any atom is 0.272 e. The molecule has 0 bridgehead atoms. The third-order valence-corrected chi connectivity index (χ3v) is 5.37. The van der Waals surface area contributed by atoms with E-state index < -0.39 is 0 Å². The second kappa shape index (κ2) is 8.71. The highest BCUT2D eigenvalue weighted by Crippen LogP contribution is 2.21. The van der Waals surface area contributed by atoms with Crippen LogP contribution < -0.4 is 5.32 Å². The summed E-state index contributed by atoms with van der Waals surface area (Å²) in [5.74, 6) is -0.226. The number of rotatable bonds is 5. The molecule has 29 heavy (non-hydrogen) atoms. The Morgan fingerprint density at radius 1 is 1.24 bits per heavy atom. The first-order chi connectivity index (χ1) is 14.1. The number of hydrogen-bond donors (Lipinski definition) is 2. The Morgan fingerprint density at radius 2 is 2.07 bits per heavy atom. The van der Waals surface area contributed by atoms with Gasteiger partial charge in [0.15, 0.2) is 5.69 Å². The van der Waals surface area contributed by atoms with Crippen molar-refractivity contribution < 1.29 is 14.3 Å². The van der Waals surface area contributed by atoms with Crippen molar-refractivity contribution >= 4 is 11.8 Å². The standard InChI is InChI=1S/C20H26N6O3/c1-14-10-15(12-21-11-14)20(28)26-4-2-16-17(13-26)23-24-18(16)19(27)22-3-5-25-6-8-29-9-7-25/h10-12H,2-9,13H2,1H3,(H,22,27)(H,23,24). The van der Waals surface area contributed by atoms with Gasteiger partial charge in [0.05, 0.1) is 31.0 Å². The van der Waals surface area contributed by atoms with Gasteiger partial charge in [-0.3, -0.25) is 24.6 Å². The van der Waals surface area contributed by atoms with E-state index in [4.69, 9.17) is 4.74 Å². The lowest BCUT2D eigenvalue weighted by molar-refractivity contribution is 0.0383. The molecule has 0 aliphatic carbocycles. The van der Waals surface area contributed by atoms with E-state index in [0.717, 1.165) is 49.7 Å². The van der Waals surface area contributed by atoms with Gasteiger partial charge in [-0.2, -0.15) is 5.10 Å². The molecule has 2 amide bonds. The van der Waals surface area contributed by atoms with E-state index in [1.807, 2.05) is 13.0 Å². The lowest BCUT2D eigenvalue weighted by atomic mass is 10.0. The minimum Gasteiger partial charge on any atom is -0.379 e. The first kappa shape index (κ1) is 19.5. The Bertz CT molecular complexity index is 890. The first-order valence-electron chi connectivity index (χ1n) is 9.97. The molecule has 0 atom stereocenters. The van der Waals surface area contributed by atoms with Gasteiger partial charge in [-0.25, -0.2) is 0 Å². The molecule has 9 nitrogen and oxygen atoms in total. The molecule has 1 saturated heterocycles. The fraction of sp³-hybridized carbons (Fsp3) is 0.500. The van der Waals surface area contributed by atoms with Crippen molar-refractivity contribution in [1.82, 2.24) is 30.3 Å². The van der Waals surface area contributed by atoms with E-state index in [9.17, 15) is 9.59 Å². The number of amides is 2. The van der Waals surface area contributed by atoms with Gasteiger partial charge >= 0.3 is 0 Å². The van der Waals surface area contributed by atoms with Crippen molar-refractivity contribution in [3.05, 3.63) is 46.5 Å². The molecule has 2 aliphatic rings. The van der Waals surface area contributed by atoms with Gasteiger partial charge in [-0.1, -0.05) is 0 Å². The molecule has 2 N–H and O–H groups in total. The average molecular weight is 398 g/mol. The summed E-state index contributed by atoms with van der Waals surface area (Å²) in [6.07, 6.45) is 3.91. The van der Waals surface area contributed by atoms with Crippen molar-refractivity contribution in [1.29, 1.82) is 0 Å². The predicted molar refractivity (Wildman–Crippen MR) is 106 cm³/mol. The zero-order valence-electron chi connectivity index (χ0n) is 16.6. The molecular weight excluding hydrogens is 372 g/mol. The predicted octanol–water partition coefficient (Wildman–Crippen LogP) is 0.374. The highest BCUT2D eigenvalue weighted by atomic mass is 16.5. The van der Waals surface area contributed by atoms with Gasteiger partial charge in [-0.15, -0.1) is 0 Å². The van der Waals surface area contributed by atoms with Gasteiger partial charge < -0.3 is 15.0 Å². The summed E-state index contributed by atoms with van der Waals surface area (Å²) in [5, 5.41) is 10.1. The number of pyridine rings is 1. The zero-order valence-corrected chi connectivity index (χ0v) is 16.6. The Hall–Kier alpha value is -2.78. The Morgan fingerprint density at radius 3 is 2.86 bits per heavy atom. The van der Waals surface area contributed by atoms with Gasteiger partial charge in [0, 0.05) is 50.7 Å². The zero-order chi connectivity index (χ0) is 20.2. The quantitative estimate of drug-likeness (QED) is 0.755. The van der Waals surface area contributed by atoms with Crippen LogP contribution in [0.25, 0.3) is 0 Å². The molecular formula is C20H26N6O3. The number of fused-ring (bicyclic) bond motifs is 1. The van der Waals surface area contributed by atoms with E-state index in [2.05, 4.69) is 25.4 Å². The van der Waals surface area contributed by atoms with Crippen molar-refractivity contribution in [2.45, 2.75) is 19.9 Å². The third kappa shape index (κ3) is 4.46. The number of carbonyl (C=O) groups excluding carboxylic acids is 2.